The van der Waals surface area contributed by atoms with E-state index in [1.54, 1.807) is 12.1 Å². The van der Waals surface area contributed by atoms with Crippen molar-refractivity contribution in [2.24, 2.45) is 0 Å². The summed E-state index contributed by atoms with van der Waals surface area (Å²) in [6.07, 6.45) is 3.68. The molecule has 3 aromatic rings. The number of hydrogen-bond acceptors (Lipinski definition) is 4. The molecule has 4 rings (SSSR count). The van der Waals surface area contributed by atoms with E-state index in [9.17, 15) is 14.7 Å². The van der Waals surface area contributed by atoms with Crippen LogP contribution in [0.2, 0.25) is 0 Å². The molecule has 32 heavy (non-hydrogen) atoms. The number of fused-ring (bicyclic) bond motifs is 3. The van der Waals surface area contributed by atoms with Crippen molar-refractivity contribution in [2.45, 2.75) is 12.3 Å². The zero-order valence-electron chi connectivity index (χ0n) is 17.3. The van der Waals surface area contributed by atoms with Crippen molar-refractivity contribution in [2.75, 3.05) is 13.2 Å². The average molecular weight is 429 g/mol. The Morgan fingerprint density at radius 1 is 0.969 bits per heavy atom. The van der Waals surface area contributed by atoms with Gasteiger partial charge in [-0.3, -0.25) is 0 Å². The largest absolute Gasteiger partial charge is 0.507 e. The summed E-state index contributed by atoms with van der Waals surface area (Å²) in [6, 6.07) is 20.7. The number of phenols is 1. The Morgan fingerprint density at radius 3 is 2.25 bits per heavy atom. The first-order valence-electron chi connectivity index (χ1n) is 10.4. The highest BCUT2D eigenvalue weighted by Crippen LogP contribution is 2.44. The van der Waals surface area contributed by atoms with E-state index < -0.39 is 12.1 Å². The van der Waals surface area contributed by atoms with Gasteiger partial charge in [0.05, 0.1) is 0 Å². The third-order valence-corrected chi connectivity index (χ3v) is 5.49. The lowest BCUT2D eigenvalue weighted by Crippen LogP contribution is -2.26. The highest BCUT2D eigenvalue weighted by Gasteiger charge is 2.28. The summed E-state index contributed by atoms with van der Waals surface area (Å²) >= 11 is 0. The van der Waals surface area contributed by atoms with Crippen LogP contribution in [0.5, 0.6) is 5.75 Å². The number of amides is 1. The number of carboxylic acid groups (broad SMARTS) is 1. The molecule has 3 aromatic carbocycles. The van der Waals surface area contributed by atoms with Crippen molar-refractivity contribution in [1.29, 1.82) is 0 Å². The van der Waals surface area contributed by atoms with Gasteiger partial charge in [0.2, 0.25) is 0 Å². The van der Waals surface area contributed by atoms with Crippen LogP contribution in [0, 0.1) is 0 Å². The standard InChI is InChI=1S/C26H23NO5/c28-24-15-17(12-13-22(24)25(29)30)7-5-6-14-27-26(31)32-16-23-20-10-3-1-8-18(20)19-9-2-4-11-21(19)23/h1-5,7-13,15,23,28H,6,14,16H2,(H,27,31)(H,29,30). The predicted octanol–water partition coefficient (Wildman–Crippen LogP) is 5.03. The number of aromatic hydroxyl groups is 1. The maximum atomic E-state index is 12.2. The quantitative estimate of drug-likeness (QED) is 0.458. The molecule has 1 aliphatic carbocycles. The monoisotopic (exact) mass is 429 g/mol. The number of hydrogen-bond donors (Lipinski definition) is 3. The minimum Gasteiger partial charge on any atom is -0.507 e. The topological polar surface area (TPSA) is 95.9 Å². The molecule has 6 heteroatoms. The molecule has 0 atom stereocenters. The lowest BCUT2D eigenvalue weighted by atomic mass is 9.98. The zero-order valence-corrected chi connectivity index (χ0v) is 17.3. The van der Waals surface area contributed by atoms with E-state index >= 15 is 0 Å². The third-order valence-electron chi connectivity index (χ3n) is 5.49. The van der Waals surface area contributed by atoms with Gasteiger partial charge in [-0.1, -0.05) is 66.7 Å². The Balaban J connectivity index is 1.26. The summed E-state index contributed by atoms with van der Waals surface area (Å²) in [5.74, 6) is -1.43. The fourth-order valence-electron chi connectivity index (χ4n) is 3.96. The lowest BCUT2D eigenvalue weighted by molar-refractivity contribution is 0.0693. The molecule has 0 spiro atoms. The minimum absolute atomic E-state index is 0.0227. The number of aromatic carboxylic acids is 1. The van der Waals surface area contributed by atoms with Crippen molar-refractivity contribution >= 4 is 18.1 Å². The van der Waals surface area contributed by atoms with Gasteiger partial charge in [0, 0.05) is 12.5 Å². The van der Waals surface area contributed by atoms with E-state index in [1.165, 1.54) is 34.4 Å². The summed E-state index contributed by atoms with van der Waals surface area (Å²) < 4.78 is 5.49. The number of rotatable bonds is 7. The van der Waals surface area contributed by atoms with Gasteiger partial charge in [-0.05, 0) is 46.4 Å². The molecular weight excluding hydrogens is 406 g/mol. The molecule has 1 amide bonds. The van der Waals surface area contributed by atoms with Gasteiger partial charge in [0.25, 0.3) is 0 Å². The van der Waals surface area contributed by atoms with Crippen molar-refractivity contribution in [3.8, 4) is 16.9 Å². The van der Waals surface area contributed by atoms with E-state index in [4.69, 9.17) is 9.84 Å². The second kappa shape index (κ2) is 9.39. The summed E-state index contributed by atoms with van der Waals surface area (Å²) in [4.78, 5) is 23.1. The molecule has 0 heterocycles. The van der Waals surface area contributed by atoms with Crippen LogP contribution < -0.4 is 5.32 Å². The van der Waals surface area contributed by atoms with Gasteiger partial charge in [-0.25, -0.2) is 9.59 Å². The van der Waals surface area contributed by atoms with Crippen LogP contribution in [-0.2, 0) is 4.74 Å². The van der Waals surface area contributed by atoms with Gasteiger partial charge in [0.1, 0.15) is 17.9 Å². The molecule has 1 aliphatic rings. The SMILES string of the molecule is O=C(NCCC=Cc1ccc(C(=O)O)c(O)c1)OCC1c2ccccc2-c2ccccc21. The normalized spacial score (nSPS) is 12.4. The maximum absolute atomic E-state index is 12.2. The molecule has 0 unspecified atom stereocenters. The molecule has 0 bridgehead atoms. The lowest BCUT2D eigenvalue weighted by Gasteiger charge is -2.14. The Kier molecular flexibility index (Phi) is 6.22. The second-order valence-electron chi connectivity index (χ2n) is 7.53. The zero-order chi connectivity index (χ0) is 22.5. The Bertz CT molecular complexity index is 1140. The number of nitrogens with one attached hydrogen (secondary N) is 1. The van der Waals surface area contributed by atoms with Crippen LogP contribution in [0.25, 0.3) is 17.2 Å². The van der Waals surface area contributed by atoms with Gasteiger partial charge in [-0.2, -0.15) is 0 Å². The van der Waals surface area contributed by atoms with Crippen LogP contribution in [0.1, 0.15) is 39.4 Å². The first-order valence-corrected chi connectivity index (χ1v) is 10.4. The molecule has 162 valence electrons. The molecule has 0 saturated carbocycles. The fourth-order valence-corrected chi connectivity index (χ4v) is 3.96. The Labute approximate surface area is 185 Å². The third kappa shape index (κ3) is 4.49. The summed E-state index contributed by atoms with van der Waals surface area (Å²) in [5.41, 5.74) is 5.24. The molecule has 3 N–H and O–H groups in total. The molecule has 6 nitrogen and oxygen atoms in total. The predicted molar refractivity (Wildman–Crippen MR) is 122 cm³/mol. The molecule has 0 aliphatic heterocycles. The summed E-state index contributed by atoms with van der Waals surface area (Å²) in [6.45, 7) is 0.664. The van der Waals surface area contributed by atoms with Gasteiger partial charge in [0.15, 0.2) is 0 Å². The van der Waals surface area contributed by atoms with Gasteiger partial charge in [-0.15, -0.1) is 0 Å². The second-order valence-corrected chi connectivity index (χ2v) is 7.53. The maximum Gasteiger partial charge on any atom is 0.407 e. The van der Waals surface area contributed by atoms with Crippen LogP contribution >= 0.6 is 0 Å². The first kappa shape index (κ1) is 21.2. The molecular formula is C26H23NO5. The number of benzene rings is 3. The van der Waals surface area contributed by atoms with Gasteiger partial charge < -0.3 is 20.3 Å². The van der Waals surface area contributed by atoms with Crippen LogP contribution in [0.4, 0.5) is 4.79 Å². The van der Waals surface area contributed by atoms with Crippen LogP contribution in [-0.4, -0.2) is 35.4 Å². The molecule has 0 saturated heterocycles. The number of carbonyl (C=O) groups excluding carboxylic acids is 1. The highest BCUT2D eigenvalue weighted by molar-refractivity contribution is 5.91. The highest BCUT2D eigenvalue weighted by atomic mass is 16.5. The van der Waals surface area contributed by atoms with E-state index in [1.807, 2.05) is 30.3 Å². The van der Waals surface area contributed by atoms with Crippen molar-refractivity contribution < 1.29 is 24.5 Å². The van der Waals surface area contributed by atoms with Crippen molar-refractivity contribution in [3.05, 3.63) is 95.1 Å². The fraction of sp³-hybridized carbons (Fsp3) is 0.154. The molecule has 0 aromatic heterocycles. The first-order chi connectivity index (χ1) is 15.5. The Hall–Kier alpha value is -4.06. The van der Waals surface area contributed by atoms with E-state index in [0.29, 0.717) is 18.5 Å². The minimum atomic E-state index is -1.18. The number of ether oxygens (including phenoxy) is 1. The van der Waals surface area contributed by atoms with E-state index in [2.05, 4.69) is 29.6 Å². The van der Waals surface area contributed by atoms with Gasteiger partial charge >= 0.3 is 12.1 Å². The van der Waals surface area contributed by atoms with Crippen LogP contribution in [0.15, 0.2) is 72.8 Å². The smallest absolute Gasteiger partial charge is 0.407 e. The summed E-state index contributed by atoms with van der Waals surface area (Å²) in [5, 5.41) is 21.4. The molecule has 0 radical (unpaired) electrons. The van der Waals surface area contributed by atoms with Crippen LogP contribution in [0.3, 0.4) is 0 Å². The van der Waals surface area contributed by atoms with Crippen molar-refractivity contribution in [1.82, 2.24) is 5.32 Å². The van der Waals surface area contributed by atoms with Crippen molar-refractivity contribution in [3.63, 3.8) is 0 Å². The van der Waals surface area contributed by atoms with E-state index in [-0.39, 0.29) is 23.8 Å². The summed E-state index contributed by atoms with van der Waals surface area (Å²) in [7, 11) is 0. The average Bonchev–Trinajstić information content (AvgIpc) is 3.11. The molecule has 0 fully saturated rings. The number of carboxylic acids is 1. The number of carbonyl (C=O) groups is 2. The Morgan fingerprint density at radius 2 is 1.62 bits per heavy atom. The number of alkyl carbamates (subject to hydrolysis) is 1. The van der Waals surface area contributed by atoms with E-state index in [0.717, 1.165) is 0 Å².